The van der Waals surface area contributed by atoms with Crippen molar-refractivity contribution in [2.24, 2.45) is 0 Å². The van der Waals surface area contributed by atoms with Crippen molar-refractivity contribution in [2.45, 2.75) is 64.6 Å². The average Bonchev–Trinajstić information content (AvgIpc) is 2.12. The standard InChI is InChI=1S/C13H26O5Si/c1-13(2,3)18-12(16)10(14)9-11(15)17-7-8-19(4,5)6/h10,14H,7-9H2,1-6H3. The second-order valence-electron chi connectivity index (χ2n) is 6.78. The van der Waals surface area contributed by atoms with Crippen molar-refractivity contribution in [2.75, 3.05) is 6.61 Å². The van der Waals surface area contributed by atoms with Crippen LogP contribution in [0.25, 0.3) is 0 Å². The van der Waals surface area contributed by atoms with Gasteiger partial charge in [-0.25, -0.2) is 4.79 Å². The monoisotopic (exact) mass is 290 g/mol. The van der Waals surface area contributed by atoms with Gasteiger partial charge in [-0.15, -0.1) is 0 Å². The number of carbonyl (C=O) groups is 2. The fraction of sp³-hybridized carbons (Fsp3) is 0.846. The molecule has 112 valence electrons. The SMILES string of the molecule is CC(C)(C)OC(=O)C(O)CC(=O)OCC[Si](C)(C)C. The van der Waals surface area contributed by atoms with Gasteiger partial charge in [-0.2, -0.15) is 0 Å². The van der Waals surface area contributed by atoms with E-state index in [2.05, 4.69) is 19.6 Å². The van der Waals surface area contributed by atoms with Gasteiger partial charge in [0.2, 0.25) is 0 Å². The molecule has 19 heavy (non-hydrogen) atoms. The van der Waals surface area contributed by atoms with Crippen molar-refractivity contribution in [1.82, 2.24) is 0 Å². The second-order valence-corrected chi connectivity index (χ2v) is 12.4. The fourth-order valence-corrected chi connectivity index (χ4v) is 1.86. The maximum Gasteiger partial charge on any atom is 0.336 e. The molecular formula is C13H26O5Si. The molecule has 0 aliphatic carbocycles. The Morgan fingerprint density at radius 3 is 2.16 bits per heavy atom. The first-order chi connectivity index (χ1) is 8.41. The number of hydrogen-bond acceptors (Lipinski definition) is 5. The number of ether oxygens (including phenoxy) is 2. The molecule has 0 aromatic heterocycles. The number of aliphatic hydroxyl groups is 1. The third-order valence-electron chi connectivity index (χ3n) is 2.15. The minimum absolute atomic E-state index is 0.343. The maximum atomic E-state index is 11.5. The Morgan fingerprint density at radius 2 is 1.74 bits per heavy atom. The van der Waals surface area contributed by atoms with Gasteiger partial charge >= 0.3 is 11.9 Å². The Hall–Kier alpha value is -0.883. The molecule has 0 bridgehead atoms. The summed E-state index contributed by atoms with van der Waals surface area (Å²) < 4.78 is 9.97. The molecule has 0 saturated carbocycles. The van der Waals surface area contributed by atoms with Crippen molar-refractivity contribution >= 4 is 20.0 Å². The number of carbonyl (C=O) groups excluding carboxylic acids is 2. The van der Waals surface area contributed by atoms with Crippen LogP contribution in [-0.2, 0) is 19.1 Å². The smallest absolute Gasteiger partial charge is 0.336 e. The molecular weight excluding hydrogens is 264 g/mol. The molecule has 0 rings (SSSR count). The van der Waals surface area contributed by atoms with Gasteiger partial charge in [0.15, 0.2) is 6.10 Å². The Morgan fingerprint density at radius 1 is 1.21 bits per heavy atom. The molecule has 0 aromatic carbocycles. The predicted molar refractivity (Wildman–Crippen MR) is 75.6 cm³/mol. The van der Waals surface area contributed by atoms with Gasteiger partial charge in [0.25, 0.3) is 0 Å². The van der Waals surface area contributed by atoms with Crippen LogP contribution in [0.2, 0.25) is 25.7 Å². The minimum Gasteiger partial charge on any atom is -0.466 e. The lowest BCUT2D eigenvalue weighted by molar-refractivity contribution is -0.169. The van der Waals surface area contributed by atoms with E-state index in [9.17, 15) is 14.7 Å². The zero-order chi connectivity index (χ0) is 15.3. The van der Waals surface area contributed by atoms with Crippen LogP contribution in [0.1, 0.15) is 27.2 Å². The van der Waals surface area contributed by atoms with Crippen molar-refractivity contribution in [3.63, 3.8) is 0 Å². The van der Waals surface area contributed by atoms with E-state index in [0.717, 1.165) is 6.04 Å². The molecule has 1 unspecified atom stereocenters. The zero-order valence-electron chi connectivity index (χ0n) is 12.8. The molecule has 0 radical (unpaired) electrons. The largest absolute Gasteiger partial charge is 0.466 e. The molecule has 5 nitrogen and oxygen atoms in total. The molecule has 0 aliphatic rings. The number of rotatable bonds is 6. The van der Waals surface area contributed by atoms with E-state index in [-0.39, 0.29) is 6.42 Å². The predicted octanol–water partition coefficient (Wildman–Crippen LogP) is 1.96. The molecule has 0 fully saturated rings. The molecule has 0 heterocycles. The summed E-state index contributed by atoms with van der Waals surface area (Å²) in [5, 5.41) is 9.54. The molecule has 0 spiro atoms. The van der Waals surface area contributed by atoms with Crippen LogP contribution in [0.15, 0.2) is 0 Å². The van der Waals surface area contributed by atoms with E-state index >= 15 is 0 Å². The zero-order valence-corrected chi connectivity index (χ0v) is 13.8. The lowest BCUT2D eigenvalue weighted by Gasteiger charge is -2.21. The molecule has 1 N–H and O–H groups in total. The second kappa shape index (κ2) is 7.05. The maximum absolute atomic E-state index is 11.5. The Bertz CT molecular complexity index is 314. The van der Waals surface area contributed by atoms with E-state index in [0.29, 0.717) is 6.61 Å². The van der Waals surface area contributed by atoms with Crippen LogP contribution in [0.3, 0.4) is 0 Å². The average molecular weight is 290 g/mol. The summed E-state index contributed by atoms with van der Waals surface area (Å²) in [6, 6.07) is 0.862. The third-order valence-corrected chi connectivity index (χ3v) is 3.86. The molecule has 0 aliphatic heterocycles. The fourth-order valence-electron chi connectivity index (χ4n) is 1.14. The van der Waals surface area contributed by atoms with Crippen LogP contribution in [0.5, 0.6) is 0 Å². The van der Waals surface area contributed by atoms with Crippen LogP contribution >= 0.6 is 0 Å². The van der Waals surface area contributed by atoms with Gasteiger partial charge in [0, 0.05) is 8.07 Å². The van der Waals surface area contributed by atoms with E-state index in [1.54, 1.807) is 20.8 Å². The van der Waals surface area contributed by atoms with Crippen molar-refractivity contribution < 1.29 is 24.2 Å². The van der Waals surface area contributed by atoms with Gasteiger partial charge in [-0.05, 0) is 26.8 Å². The van der Waals surface area contributed by atoms with Gasteiger partial charge in [0.1, 0.15) is 5.60 Å². The Balaban J connectivity index is 4.02. The lowest BCUT2D eigenvalue weighted by atomic mass is 10.2. The first-order valence-electron chi connectivity index (χ1n) is 6.47. The molecule has 6 heteroatoms. The highest BCUT2D eigenvalue weighted by atomic mass is 28.3. The summed E-state index contributed by atoms with van der Waals surface area (Å²) in [6.07, 6.45) is -1.82. The van der Waals surface area contributed by atoms with E-state index < -0.39 is 31.7 Å². The summed E-state index contributed by atoms with van der Waals surface area (Å²) in [5.41, 5.74) is -0.681. The number of hydrogen-bond donors (Lipinski definition) is 1. The minimum atomic E-state index is -1.46. The first-order valence-corrected chi connectivity index (χ1v) is 10.2. The van der Waals surface area contributed by atoms with E-state index in [1.165, 1.54) is 0 Å². The first kappa shape index (κ1) is 18.1. The van der Waals surface area contributed by atoms with Crippen molar-refractivity contribution in [3.05, 3.63) is 0 Å². The van der Waals surface area contributed by atoms with Gasteiger partial charge in [0.05, 0.1) is 13.0 Å². The van der Waals surface area contributed by atoms with Crippen LogP contribution < -0.4 is 0 Å². The highest BCUT2D eigenvalue weighted by Gasteiger charge is 2.26. The normalized spacial score (nSPS) is 13.8. The Kier molecular flexibility index (Phi) is 6.72. The van der Waals surface area contributed by atoms with Crippen LogP contribution in [0.4, 0.5) is 0 Å². The van der Waals surface area contributed by atoms with Gasteiger partial charge in [-0.1, -0.05) is 19.6 Å². The number of esters is 2. The lowest BCUT2D eigenvalue weighted by Crippen LogP contribution is -2.33. The summed E-state index contributed by atoms with van der Waals surface area (Å²) >= 11 is 0. The summed E-state index contributed by atoms with van der Waals surface area (Å²) in [6.45, 7) is 12.0. The topological polar surface area (TPSA) is 72.8 Å². The van der Waals surface area contributed by atoms with E-state index in [4.69, 9.17) is 9.47 Å². The van der Waals surface area contributed by atoms with E-state index in [1.807, 2.05) is 0 Å². The van der Waals surface area contributed by atoms with Crippen molar-refractivity contribution in [1.29, 1.82) is 0 Å². The van der Waals surface area contributed by atoms with Crippen LogP contribution in [-0.4, -0.2) is 43.4 Å². The summed E-state index contributed by atoms with van der Waals surface area (Å²) in [4.78, 5) is 22.9. The van der Waals surface area contributed by atoms with Gasteiger partial charge < -0.3 is 14.6 Å². The highest BCUT2D eigenvalue weighted by Crippen LogP contribution is 2.11. The molecule has 0 saturated heterocycles. The number of aliphatic hydroxyl groups excluding tert-OH is 1. The molecule has 0 aromatic rings. The third kappa shape index (κ3) is 10.7. The highest BCUT2D eigenvalue weighted by molar-refractivity contribution is 6.76. The molecule has 1 atom stereocenters. The van der Waals surface area contributed by atoms with Gasteiger partial charge in [-0.3, -0.25) is 4.79 Å². The molecule has 0 amide bonds. The van der Waals surface area contributed by atoms with Crippen molar-refractivity contribution in [3.8, 4) is 0 Å². The Labute approximate surface area is 116 Å². The quantitative estimate of drug-likeness (QED) is 0.598. The van der Waals surface area contributed by atoms with Crippen LogP contribution in [0, 0.1) is 0 Å². The summed E-state index contributed by atoms with van der Waals surface area (Å²) in [5.74, 6) is -1.37. The summed E-state index contributed by atoms with van der Waals surface area (Å²) in [7, 11) is -1.25.